The Hall–Kier alpha value is -2.73. The molecule has 0 aliphatic carbocycles. The molecule has 1 fully saturated rings. The van der Waals surface area contributed by atoms with Gasteiger partial charge in [-0.25, -0.2) is 4.39 Å². The minimum absolute atomic E-state index is 0.150. The second-order valence-corrected chi connectivity index (χ2v) is 8.64. The smallest absolute Gasteiger partial charge is 0.370 e. The summed E-state index contributed by atoms with van der Waals surface area (Å²) >= 11 is 0. The van der Waals surface area contributed by atoms with E-state index >= 15 is 0 Å². The largest absolute Gasteiger partial charge is 0.401 e. The average Bonchev–Trinajstić information content (AvgIpc) is 2.61. The van der Waals surface area contributed by atoms with Crippen LogP contribution in [0.15, 0.2) is 18.2 Å². The summed E-state index contributed by atoms with van der Waals surface area (Å²) in [4.78, 5) is 38.4. The van der Waals surface area contributed by atoms with E-state index in [2.05, 4.69) is 5.32 Å². The van der Waals surface area contributed by atoms with Crippen LogP contribution in [-0.2, 0) is 19.1 Å². The molecule has 3 amide bonds. The predicted molar refractivity (Wildman–Crippen MR) is 108 cm³/mol. The van der Waals surface area contributed by atoms with Crippen LogP contribution in [0.25, 0.3) is 0 Å². The molecule has 1 aromatic rings. The third kappa shape index (κ3) is 7.16. The van der Waals surface area contributed by atoms with Crippen LogP contribution in [-0.4, -0.2) is 67.7 Å². The molecule has 178 valence electrons. The fourth-order valence-electron chi connectivity index (χ4n) is 3.32. The van der Waals surface area contributed by atoms with E-state index in [-0.39, 0.29) is 43.6 Å². The number of hydrogen-bond donors (Lipinski definition) is 2. The summed E-state index contributed by atoms with van der Waals surface area (Å²) < 4.78 is 58.9. The number of hydrogen-bond acceptors (Lipinski definition) is 5. The van der Waals surface area contributed by atoms with Crippen LogP contribution < -0.4 is 16.0 Å². The zero-order chi connectivity index (χ0) is 24.3. The number of nitrogens with one attached hydrogen (secondary N) is 1. The van der Waals surface area contributed by atoms with Crippen molar-refractivity contribution in [3.8, 4) is 0 Å². The van der Waals surface area contributed by atoms with Crippen molar-refractivity contribution in [3.05, 3.63) is 24.0 Å². The predicted octanol–water partition coefficient (Wildman–Crippen LogP) is 1.89. The summed E-state index contributed by atoms with van der Waals surface area (Å²) in [6, 6.07) is 1.54. The number of carbonyl (C=O) groups excluding carboxylic acids is 3. The second kappa shape index (κ2) is 9.82. The number of carbonyl (C=O) groups is 3. The van der Waals surface area contributed by atoms with Gasteiger partial charge in [-0.1, -0.05) is 20.8 Å². The molecular formula is C20H26F4N4O4. The molecule has 0 spiro atoms. The van der Waals surface area contributed by atoms with Gasteiger partial charge in [0.05, 0.1) is 18.8 Å². The van der Waals surface area contributed by atoms with Crippen molar-refractivity contribution < 1.29 is 36.7 Å². The maximum absolute atomic E-state index is 14.6. The average molecular weight is 462 g/mol. The first-order valence-corrected chi connectivity index (χ1v) is 9.76. The molecule has 12 heteroatoms. The second-order valence-electron chi connectivity index (χ2n) is 8.64. The van der Waals surface area contributed by atoms with Crippen LogP contribution in [0.1, 0.15) is 20.8 Å². The fourth-order valence-corrected chi connectivity index (χ4v) is 3.32. The minimum atomic E-state index is -4.70. The third-order valence-corrected chi connectivity index (χ3v) is 4.45. The number of alkyl halides is 3. The van der Waals surface area contributed by atoms with Crippen molar-refractivity contribution >= 4 is 29.1 Å². The van der Waals surface area contributed by atoms with E-state index < -0.39 is 41.8 Å². The first-order chi connectivity index (χ1) is 14.7. The number of halogens is 4. The van der Waals surface area contributed by atoms with E-state index in [0.717, 1.165) is 12.1 Å². The van der Waals surface area contributed by atoms with Gasteiger partial charge in [-0.15, -0.1) is 0 Å². The number of primary amides is 1. The number of benzene rings is 1. The Morgan fingerprint density at radius 2 is 1.91 bits per heavy atom. The number of anilines is 2. The SMILES string of the molecule is CC(C)(C)CN(CC(F)(F)F)[C@@H](C(N)=O)C(=O)Nc1ccc(N2CCOCC2=O)cc1F. The molecule has 1 aliphatic heterocycles. The number of nitrogens with two attached hydrogens (primary N) is 1. The molecule has 0 radical (unpaired) electrons. The summed E-state index contributed by atoms with van der Waals surface area (Å²) in [7, 11) is 0. The summed E-state index contributed by atoms with van der Waals surface area (Å²) in [6.45, 7) is 3.43. The molecule has 1 saturated heterocycles. The maximum atomic E-state index is 14.6. The molecule has 32 heavy (non-hydrogen) atoms. The van der Waals surface area contributed by atoms with Gasteiger partial charge in [0, 0.05) is 18.8 Å². The molecule has 0 aromatic heterocycles. The highest BCUT2D eigenvalue weighted by molar-refractivity contribution is 6.09. The highest BCUT2D eigenvalue weighted by atomic mass is 19.4. The van der Waals surface area contributed by atoms with Gasteiger partial charge in [-0.05, 0) is 23.6 Å². The maximum Gasteiger partial charge on any atom is 0.401 e. The summed E-state index contributed by atoms with van der Waals surface area (Å²) in [5.74, 6) is -3.80. The number of nitrogens with zero attached hydrogens (tertiary/aromatic N) is 2. The zero-order valence-corrected chi connectivity index (χ0v) is 18.0. The lowest BCUT2D eigenvalue weighted by atomic mass is 9.95. The standard InChI is InChI=1S/C20H26F4N4O4/c1-19(2,3)10-27(11-20(22,23)24)16(17(25)30)18(31)26-14-5-4-12(8-13(14)21)28-6-7-32-9-15(28)29/h4-5,8,16H,6-7,9-11H2,1-3H3,(H2,25,30)(H,26,31)/t16-/m0/s1. The molecule has 1 atom stereocenters. The topological polar surface area (TPSA) is 105 Å². The van der Waals surface area contributed by atoms with Gasteiger partial charge in [0.2, 0.25) is 5.91 Å². The van der Waals surface area contributed by atoms with Crippen molar-refractivity contribution in [1.82, 2.24) is 4.90 Å². The van der Waals surface area contributed by atoms with Gasteiger partial charge in [-0.3, -0.25) is 19.3 Å². The molecule has 0 bridgehead atoms. The van der Waals surface area contributed by atoms with E-state index in [0.29, 0.717) is 4.90 Å². The molecule has 8 nitrogen and oxygen atoms in total. The molecule has 0 unspecified atom stereocenters. The Balaban J connectivity index is 2.26. The van der Waals surface area contributed by atoms with Gasteiger partial charge >= 0.3 is 6.18 Å². The number of amides is 3. The van der Waals surface area contributed by atoms with E-state index in [1.165, 1.54) is 11.0 Å². The molecule has 3 N–H and O–H groups in total. The van der Waals surface area contributed by atoms with Gasteiger partial charge in [-0.2, -0.15) is 13.2 Å². The van der Waals surface area contributed by atoms with E-state index in [1.54, 1.807) is 20.8 Å². The number of ether oxygens (including phenoxy) is 1. The Morgan fingerprint density at radius 1 is 1.25 bits per heavy atom. The van der Waals surface area contributed by atoms with Crippen LogP contribution in [0.2, 0.25) is 0 Å². The van der Waals surface area contributed by atoms with E-state index in [4.69, 9.17) is 10.5 Å². The summed E-state index contributed by atoms with van der Waals surface area (Å²) in [5, 5.41) is 2.13. The zero-order valence-electron chi connectivity index (χ0n) is 18.0. The quantitative estimate of drug-likeness (QED) is 0.476. The van der Waals surface area contributed by atoms with Crippen LogP contribution in [0.3, 0.4) is 0 Å². The van der Waals surface area contributed by atoms with Crippen LogP contribution in [0, 0.1) is 11.2 Å². The van der Waals surface area contributed by atoms with Gasteiger partial charge in [0.1, 0.15) is 12.4 Å². The van der Waals surface area contributed by atoms with Crippen molar-refractivity contribution in [2.24, 2.45) is 11.1 Å². The molecule has 1 aliphatic rings. The lowest BCUT2D eigenvalue weighted by Crippen LogP contribution is -2.56. The minimum Gasteiger partial charge on any atom is -0.370 e. The molecule has 1 heterocycles. The third-order valence-electron chi connectivity index (χ3n) is 4.45. The highest BCUT2D eigenvalue weighted by Crippen LogP contribution is 2.26. The van der Waals surface area contributed by atoms with Crippen LogP contribution in [0.4, 0.5) is 28.9 Å². The monoisotopic (exact) mass is 462 g/mol. The Bertz CT molecular complexity index is 854. The fraction of sp³-hybridized carbons (Fsp3) is 0.550. The van der Waals surface area contributed by atoms with Gasteiger partial charge < -0.3 is 20.7 Å². The van der Waals surface area contributed by atoms with Crippen molar-refractivity contribution in [1.29, 1.82) is 0 Å². The lowest BCUT2D eigenvalue weighted by molar-refractivity contribution is -0.159. The Labute approximate surface area is 182 Å². The molecule has 0 saturated carbocycles. The molecule has 1 aromatic carbocycles. The van der Waals surface area contributed by atoms with Gasteiger partial charge in [0.25, 0.3) is 11.8 Å². The van der Waals surface area contributed by atoms with Crippen LogP contribution >= 0.6 is 0 Å². The number of rotatable bonds is 7. The Kier molecular flexibility index (Phi) is 7.83. The van der Waals surface area contributed by atoms with Gasteiger partial charge in [0.15, 0.2) is 6.04 Å². The highest BCUT2D eigenvalue weighted by Gasteiger charge is 2.41. The van der Waals surface area contributed by atoms with E-state index in [1.807, 2.05) is 0 Å². The van der Waals surface area contributed by atoms with Crippen LogP contribution in [0.5, 0.6) is 0 Å². The van der Waals surface area contributed by atoms with E-state index in [9.17, 15) is 31.9 Å². The number of morpholine rings is 1. The first-order valence-electron chi connectivity index (χ1n) is 9.76. The van der Waals surface area contributed by atoms with Crippen molar-refractivity contribution in [2.45, 2.75) is 33.0 Å². The summed E-state index contributed by atoms with van der Waals surface area (Å²) in [6.07, 6.45) is -4.70. The Morgan fingerprint density at radius 3 is 2.41 bits per heavy atom. The normalized spacial score (nSPS) is 16.2. The molecule has 2 rings (SSSR count). The molecular weight excluding hydrogens is 436 g/mol. The first kappa shape index (κ1) is 25.5. The summed E-state index contributed by atoms with van der Waals surface area (Å²) in [5.41, 5.74) is 4.41. The van der Waals surface area contributed by atoms with Crippen molar-refractivity contribution in [2.75, 3.05) is 43.1 Å². The van der Waals surface area contributed by atoms with Crippen molar-refractivity contribution in [3.63, 3.8) is 0 Å². The lowest BCUT2D eigenvalue weighted by Gasteiger charge is -2.34.